The molecule has 0 saturated heterocycles. The highest BCUT2D eigenvalue weighted by molar-refractivity contribution is 7.22. The summed E-state index contributed by atoms with van der Waals surface area (Å²) in [5.74, 6) is -0.380. The highest BCUT2D eigenvalue weighted by Gasteiger charge is 2.23. The van der Waals surface area contributed by atoms with Crippen molar-refractivity contribution in [3.05, 3.63) is 52.3 Å². The number of thiophene rings is 1. The molecule has 0 atom stereocenters. The Balaban J connectivity index is 1.97. The van der Waals surface area contributed by atoms with Gasteiger partial charge in [0.2, 0.25) is 0 Å². The van der Waals surface area contributed by atoms with Gasteiger partial charge in [-0.05, 0) is 39.0 Å². The number of amides is 2. The molecule has 0 saturated carbocycles. The first-order valence-corrected chi connectivity index (χ1v) is 8.84. The number of anilines is 1. The maximum Gasteiger partial charge on any atom is 0.291 e. The van der Waals surface area contributed by atoms with Gasteiger partial charge in [-0.3, -0.25) is 9.59 Å². The first-order chi connectivity index (χ1) is 11.8. The average Bonchev–Trinajstić information content (AvgIpc) is 3.15. The quantitative estimate of drug-likeness (QED) is 0.680. The molecule has 0 unspecified atom stereocenters. The summed E-state index contributed by atoms with van der Waals surface area (Å²) >= 11 is 7.66. The number of carbonyl (C=O) groups is 2. The number of carbonyl (C=O) groups excluding carboxylic acids is 2. The standard InChI is InChI=1S/C18H17ClN2O3S/c1-18(2,3)21-17(23)15-13(19)10-6-4-7-11(14(10)25-15)20-16(22)12-8-5-9-24-12/h4-9H,1-3H3,(H,20,22)(H,21,23). The van der Waals surface area contributed by atoms with Gasteiger partial charge in [-0.2, -0.15) is 0 Å². The van der Waals surface area contributed by atoms with Crippen LogP contribution in [0.15, 0.2) is 41.0 Å². The molecule has 0 aliphatic carbocycles. The number of nitrogens with one attached hydrogen (secondary N) is 2. The molecule has 3 rings (SSSR count). The minimum Gasteiger partial charge on any atom is -0.459 e. The first kappa shape index (κ1) is 17.5. The second-order valence-corrected chi connectivity index (χ2v) is 7.96. The maximum atomic E-state index is 12.5. The van der Waals surface area contributed by atoms with E-state index in [1.54, 1.807) is 24.3 Å². The van der Waals surface area contributed by atoms with Gasteiger partial charge < -0.3 is 15.1 Å². The molecule has 0 radical (unpaired) electrons. The van der Waals surface area contributed by atoms with E-state index in [4.69, 9.17) is 16.0 Å². The Kier molecular flexibility index (Phi) is 4.58. The van der Waals surface area contributed by atoms with Crippen LogP contribution in [0.3, 0.4) is 0 Å². The Bertz CT molecular complexity index is 939. The smallest absolute Gasteiger partial charge is 0.291 e. The second kappa shape index (κ2) is 6.54. The lowest BCUT2D eigenvalue weighted by Gasteiger charge is -2.19. The summed E-state index contributed by atoms with van der Waals surface area (Å²) in [6.45, 7) is 5.71. The lowest BCUT2D eigenvalue weighted by molar-refractivity contribution is 0.0923. The van der Waals surface area contributed by atoms with Crippen molar-refractivity contribution in [1.29, 1.82) is 0 Å². The lowest BCUT2D eigenvalue weighted by Crippen LogP contribution is -2.40. The topological polar surface area (TPSA) is 71.3 Å². The van der Waals surface area contributed by atoms with E-state index >= 15 is 0 Å². The SMILES string of the molecule is CC(C)(C)NC(=O)c1sc2c(NC(=O)c3ccco3)cccc2c1Cl. The molecule has 0 spiro atoms. The second-order valence-electron chi connectivity index (χ2n) is 6.56. The van der Waals surface area contributed by atoms with Crippen molar-refractivity contribution in [3.63, 3.8) is 0 Å². The number of rotatable bonds is 3. The number of hydrogen-bond donors (Lipinski definition) is 2. The summed E-state index contributed by atoms with van der Waals surface area (Å²) in [5.41, 5.74) is 0.216. The third-order valence-electron chi connectivity index (χ3n) is 3.34. The average molecular weight is 377 g/mol. The fraction of sp³-hybridized carbons (Fsp3) is 0.222. The van der Waals surface area contributed by atoms with E-state index in [-0.39, 0.29) is 23.1 Å². The molecule has 1 aromatic carbocycles. The molecule has 0 aliphatic heterocycles. The Morgan fingerprint density at radius 1 is 1.12 bits per heavy atom. The molecule has 25 heavy (non-hydrogen) atoms. The third kappa shape index (κ3) is 3.70. The predicted octanol–water partition coefficient (Wildman–Crippen LogP) is 4.93. The molecule has 5 nitrogen and oxygen atoms in total. The molecule has 0 fully saturated rings. The molecule has 7 heteroatoms. The number of halogens is 1. The van der Waals surface area contributed by atoms with Crippen LogP contribution in [0.25, 0.3) is 10.1 Å². The van der Waals surface area contributed by atoms with Gasteiger partial charge in [0.25, 0.3) is 11.8 Å². The minimum atomic E-state index is -0.368. The Morgan fingerprint density at radius 3 is 2.52 bits per heavy atom. The maximum absolute atomic E-state index is 12.5. The molecule has 2 amide bonds. The van der Waals surface area contributed by atoms with Gasteiger partial charge in [0.1, 0.15) is 4.88 Å². The molecule has 2 heterocycles. The fourth-order valence-electron chi connectivity index (χ4n) is 2.32. The van der Waals surface area contributed by atoms with Gasteiger partial charge in [-0.1, -0.05) is 23.7 Å². The molecule has 3 aromatic rings. The van der Waals surface area contributed by atoms with Gasteiger partial charge >= 0.3 is 0 Å². The van der Waals surface area contributed by atoms with Gasteiger partial charge in [0.05, 0.1) is 21.7 Å². The van der Waals surface area contributed by atoms with Crippen molar-refractivity contribution in [2.75, 3.05) is 5.32 Å². The van der Waals surface area contributed by atoms with Crippen LogP contribution in [0.1, 0.15) is 41.0 Å². The molecular formula is C18H17ClN2O3S. The zero-order valence-electron chi connectivity index (χ0n) is 14.0. The van der Waals surface area contributed by atoms with Crippen molar-refractivity contribution >= 4 is 50.5 Å². The number of fused-ring (bicyclic) bond motifs is 1. The molecule has 2 aromatic heterocycles. The molecular weight excluding hydrogens is 360 g/mol. The van der Waals surface area contributed by atoms with Crippen LogP contribution in [-0.2, 0) is 0 Å². The summed E-state index contributed by atoms with van der Waals surface area (Å²) in [5, 5.41) is 6.82. The van der Waals surface area contributed by atoms with E-state index in [1.165, 1.54) is 17.6 Å². The summed E-state index contributed by atoms with van der Waals surface area (Å²) in [7, 11) is 0. The summed E-state index contributed by atoms with van der Waals surface area (Å²) in [4.78, 5) is 25.1. The van der Waals surface area contributed by atoms with Crippen LogP contribution < -0.4 is 10.6 Å². The first-order valence-electron chi connectivity index (χ1n) is 7.64. The normalized spacial score (nSPS) is 11.5. The zero-order valence-corrected chi connectivity index (χ0v) is 15.5. The van der Waals surface area contributed by atoms with Crippen molar-refractivity contribution in [2.24, 2.45) is 0 Å². The number of benzene rings is 1. The summed E-state index contributed by atoms with van der Waals surface area (Å²) < 4.78 is 5.84. The van der Waals surface area contributed by atoms with E-state index in [9.17, 15) is 9.59 Å². The van der Waals surface area contributed by atoms with Crippen molar-refractivity contribution in [1.82, 2.24) is 5.32 Å². The summed E-state index contributed by atoms with van der Waals surface area (Å²) in [6.07, 6.45) is 1.44. The summed E-state index contributed by atoms with van der Waals surface area (Å²) in [6, 6.07) is 8.60. The highest BCUT2D eigenvalue weighted by atomic mass is 35.5. The third-order valence-corrected chi connectivity index (χ3v) is 5.09. The number of furan rings is 1. The van der Waals surface area contributed by atoms with Gasteiger partial charge in [-0.15, -0.1) is 11.3 Å². The Morgan fingerprint density at radius 2 is 1.88 bits per heavy atom. The van der Waals surface area contributed by atoms with Crippen LogP contribution in [-0.4, -0.2) is 17.4 Å². The number of hydrogen-bond acceptors (Lipinski definition) is 4. The minimum absolute atomic E-state index is 0.213. The fourth-order valence-corrected chi connectivity index (χ4v) is 3.79. The molecule has 0 bridgehead atoms. The van der Waals surface area contributed by atoms with Crippen LogP contribution >= 0.6 is 22.9 Å². The highest BCUT2D eigenvalue weighted by Crippen LogP contribution is 2.39. The monoisotopic (exact) mass is 376 g/mol. The lowest BCUT2D eigenvalue weighted by atomic mass is 10.1. The largest absolute Gasteiger partial charge is 0.459 e. The van der Waals surface area contributed by atoms with E-state index < -0.39 is 0 Å². The van der Waals surface area contributed by atoms with Gasteiger partial charge in [-0.25, -0.2) is 0 Å². The predicted molar refractivity (Wildman–Crippen MR) is 101 cm³/mol. The van der Waals surface area contributed by atoms with Crippen LogP contribution in [0, 0.1) is 0 Å². The van der Waals surface area contributed by atoms with Crippen molar-refractivity contribution in [3.8, 4) is 0 Å². The Hall–Kier alpha value is -2.31. The van der Waals surface area contributed by atoms with Crippen LogP contribution in [0.5, 0.6) is 0 Å². The Labute approximate surface area is 154 Å². The van der Waals surface area contributed by atoms with Crippen LogP contribution in [0.2, 0.25) is 5.02 Å². The van der Waals surface area contributed by atoms with Crippen LogP contribution in [0.4, 0.5) is 5.69 Å². The van der Waals surface area contributed by atoms with E-state index in [1.807, 2.05) is 26.8 Å². The van der Waals surface area contributed by atoms with E-state index in [0.29, 0.717) is 15.6 Å². The van der Waals surface area contributed by atoms with Gasteiger partial charge in [0.15, 0.2) is 5.76 Å². The van der Waals surface area contributed by atoms with E-state index in [0.717, 1.165) is 10.1 Å². The van der Waals surface area contributed by atoms with E-state index in [2.05, 4.69) is 10.6 Å². The zero-order chi connectivity index (χ0) is 18.2. The van der Waals surface area contributed by atoms with Crippen molar-refractivity contribution in [2.45, 2.75) is 26.3 Å². The molecule has 130 valence electrons. The molecule has 2 N–H and O–H groups in total. The van der Waals surface area contributed by atoms with Gasteiger partial charge in [0, 0.05) is 10.9 Å². The van der Waals surface area contributed by atoms with Crippen molar-refractivity contribution < 1.29 is 14.0 Å². The molecule has 0 aliphatic rings.